The van der Waals surface area contributed by atoms with Crippen molar-refractivity contribution in [1.29, 1.82) is 0 Å². The molecule has 3 aromatic carbocycles. The molecule has 92 valence electrons. The van der Waals surface area contributed by atoms with Crippen LogP contribution < -0.4 is 0 Å². The summed E-state index contributed by atoms with van der Waals surface area (Å²) in [5.74, 6) is 0.584. The topological polar surface area (TPSA) is 0 Å². The first-order chi connectivity index (χ1) is 9.42. The molecule has 0 radical (unpaired) electrons. The monoisotopic (exact) mass is 244 g/mol. The number of fused-ring (bicyclic) bond motifs is 2. The van der Waals surface area contributed by atoms with E-state index in [1.807, 2.05) is 0 Å². The molecule has 4 rings (SSSR count). The Morgan fingerprint density at radius 1 is 0.737 bits per heavy atom. The highest BCUT2D eigenvalue weighted by Crippen LogP contribution is 2.38. The second-order valence-corrected chi connectivity index (χ2v) is 5.40. The molecule has 1 atom stereocenters. The van der Waals surface area contributed by atoms with E-state index in [4.69, 9.17) is 0 Å². The number of hydrogen-bond acceptors (Lipinski definition) is 0. The van der Waals surface area contributed by atoms with Crippen molar-refractivity contribution in [2.75, 3.05) is 0 Å². The summed E-state index contributed by atoms with van der Waals surface area (Å²) < 4.78 is 0. The van der Waals surface area contributed by atoms with E-state index in [1.54, 1.807) is 0 Å². The molecule has 0 aromatic heterocycles. The number of rotatable bonds is 1. The molecule has 1 aliphatic carbocycles. The summed E-state index contributed by atoms with van der Waals surface area (Å²) in [6.45, 7) is 0. The highest BCUT2D eigenvalue weighted by atomic mass is 14.3. The first kappa shape index (κ1) is 10.8. The normalized spacial score (nSPS) is 17.6. The third-order valence-electron chi connectivity index (χ3n) is 4.31. The van der Waals surface area contributed by atoms with Gasteiger partial charge < -0.3 is 0 Å². The third-order valence-corrected chi connectivity index (χ3v) is 4.31. The average molecular weight is 244 g/mol. The summed E-state index contributed by atoms with van der Waals surface area (Å²) in [7, 11) is 0. The molecule has 0 saturated heterocycles. The molecular formula is C19H16. The fraction of sp³-hybridized carbons (Fsp3) is 0.158. The molecule has 3 aromatic rings. The molecule has 0 unspecified atom stereocenters. The van der Waals surface area contributed by atoms with Gasteiger partial charge in [-0.2, -0.15) is 0 Å². The second kappa shape index (κ2) is 4.24. The van der Waals surface area contributed by atoms with E-state index in [9.17, 15) is 0 Å². The van der Waals surface area contributed by atoms with Crippen molar-refractivity contribution >= 4 is 10.8 Å². The molecule has 0 fully saturated rings. The zero-order valence-corrected chi connectivity index (χ0v) is 10.8. The van der Waals surface area contributed by atoms with Gasteiger partial charge in [0.25, 0.3) is 0 Å². The number of aryl methyl sites for hydroxylation is 1. The fourth-order valence-electron chi connectivity index (χ4n) is 3.33. The molecule has 19 heavy (non-hydrogen) atoms. The van der Waals surface area contributed by atoms with Gasteiger partial charge in [-0.25, -0.2) is 0 Å². The molecule has 0 spiro atoms. The zero-order valence-electron chi connectivity index (χ0n) is 10.8. The SMILES string of the molecule is c1ccc2c(c1)CC[C@H]2c1ccc2ccccc2c1. The first-order valence-corrected chi connectivity index (χ1v) is 6.98. The lowest BCUT2D eigenvalue weighted by atomic mass is 9.91. The van der Waals surface area contributed by atoms with Crippen molar-refractivity contribution in [2.24, 2.45) is 0 Å². The highest BCUT2D eigenvalue weighted by Gasteiger charge is 2.23. The Morgan fingerprint density at radius 2 is 1.53 bits per heavy atom. The molecule has 0 amide bonds. The van der Waals surface area contributed by atoms with Crippen molar-refractivity contribution < 1.29 is 0 Å². The van der Waals surface area contributed by atoms with Gasteiger partial charge in [0, 0.05) is 5.92 Å². The molecule has 0 heterocycles. The van der Waals surface area contributed by atoms with Crippen LogP contribution in [0.25, 0.3) is 10.8 Å². The van der Waals surface area contributed by atoms with Crippen LogP contribution in [0.15, 0.2) is 66.7 Å². The van der Waals surface area contributed by atoms with Gasteiger partial charge in [-0.3, -0.25) is 0 Å². The lowest BCUT2D eigenvalue weighted by Gasteiger charge is -2.13. The van der Waals surface area contributed by atoms with E-state index < -0.39 is 0 Å². The van der Waals surface area contributed by atoms with Crippen LogP contribution in [0.3, 0.4) is 0 Å². The largest absolute Gasteiger partial charge is 0.0620 e. The van der Waals surface area contributed by atoms with E-state index in [-0.39, 0.29) is 0 Å². The van der Waals surface area contributed by atoms with Crippen molar-refractivity contribution in [3.8, 4) is 0 Å². The summed E-state index contributed by atoms with van der Waals surface area (Å²) in [4.78, 5) is 0. The smallest absolute Gasteiger partial charge is 0.00954 e. The maximum absolute atomic E-state index is 2.36. The molecule has 0 saturated carbocycles. The fourth-order valence-corrected chi connectivity index (χ4v) is 3.33. The predicted octanol–water partition coefficient (Wildman–Crippen LogP) is 4.92. The van der Waals surface area contributed by atoms with E-state index in [0.717, 1.165) is 0 Å². The first-order valence-electron chi connectivity index (χ1n) is 6.98. The molecular weight excluding hydrogens is 228 g/mol. The van der Waals surface area contributed by atoms with Gasteiger partial charge in [-0.15, -0.1) is 0 Å². The zero-order chi connectivity index (χ0) is 12.7. The van der Waals surface area contributed by atoms with Crippen molar-refractivity contribution in [1.82, 2.24) is 0 Å². The van der Waals surface area contributed by atoms with E-state index in [2.05, 4.69) is 66.7 Å². The van der Waals surface area contributed by atoms with E-state index >= 15 is 0 Å². The van der Waals surface area contributed by atoms with Crippen molar-refractivity contribution in [3.05, 3.63) is 83.4 Å². The van der Waals surface area contributed by atoms with Crippen LogP contribution in [0.2, 0.25) is 0 Å². The van der Waals surface area contributed by atoms with Gasteiger partial charge in [-0.05, 0) is 40.3 Å². The van der Waals surface area contributed by atoms with Gasteiger partial charge in [0.05, 0.1) is 0 Å². The van der Waals surface area contributed by atoms with E-state index in [1.165, 1.54) is 40.3 Å². The standard InChI is InChI=1S/C19H16/c1-2-7-16-13-17(10-9-14(16)5-1)19-12-11-15-6-3-4-8-18(15)19/h1-10,13,19H,11-12H2/t19-/m0/s1. The molecule has 1 aliphatic rings. The van der Waals surface area contributed by atoms with Gasteiger partial charge in [0.1, 0.15) is 0 Å². The van der Waals surface area contributed by atoms with Crippen LogP contribution in [-0.4, -0.2) is 0 Å². The number of benzene rings is 3. The Morgan fingerprint density at radius 3 is 2.47 bits per heavy atom. The van der Waals surface area contributed by atoms with Crippen LogP contribution in [-0.2, 0) is 6.42 Å². The Labute approximate surface area is 113 Å². The molecule has 0 bridgehead atoms. The third kappa shape index (κ3) is 1.76. The van der Waals surface area contributed by atoms with Crippen LogP contribution in [0.5, 0.6) is 0 Å². The summed E-state index contributed by atoms with van der Waals surface area (Å²) >= 11 is 0. The Kier molecular flexibility index (Phi) is 2.41. The summed E-state index contributed by atoms with van der Waals surface area (Å²) in [5.41, 5.74) is 4.52. The van der Waals surface area contributed by atoms with Crippen LogP contribution >= 0.6 is 0 Å². The summed E-state index contributed by atoms with van der Waals surface area (Å²) in [6, 6.07) is 24.4. The second-order valence-electron chi connectivity index (χ2n) is 5.40. The van der Waals surface area contributed by atoms with Gasteiger partial charge >= 0.3 is 0 Å². The Hall–Kier alpha value is -2.08. The highest BCUT2D eigenvalue weighted by molar-refractivity contribution is 5.83. The van der Waals surface area contributed by atoms with Crippen molar-refractivity contribution in [2.45, 2.75) is 18.8 Å². The van der Waals surface area contributed by atoms with Crippen LogP contribution in [0.1, 0.15) is 29.0 Å². The quantitative estimate of drug-likeness (QED) is 0.570. The van der Waals surface area contributed by atoms with E-state index in [0.29, 0.717) is 5.92 Å². The Balaban J connectivity index is 1.83. The Bertz CT molecular complexity index is 740. The predicted molar refractivity (Wildman–Crippen MR) is 80.6 cm³/mol. The lowest BCUT2D eigenvalue weighted by molar-refractivity contribution is 0.789. The number of hydrogen-bond donors (Lipinski definition) is 0. The van der Waals surface area contributed by atoms with Gasteiger partial charge in [0.2, 0.25) is 0 Å². The van der Waals surface area contributed by atoms with Crippen LogP contribution in [0, 0.1) is 0 Å². The lowest BCUT2D eigenvalue weighted by Crippen LogP contribution is -1.95. The summed E-state index contributed by atoms with van der Waals surface area (Å²) in [5, 5.41) is 2.68. The maximum atomic E-state index is 2.36. The summed E-state index contributed by atoms with van der Waals surface area (Å²) in [6.07, 6.45) is 2.46. The minimum absolute atomic E-state index is 0.584. The molecule has 0 heteroatoms. The molecule has 0 nitrogen and oxygen atoms in total. The van der Waals surface area contributed by atoms with Gasteiger partial charge in [-0.1, -0.05) is 66.7 Å². The minimum atomic E-state index is 0.584. The molecule has 0 N–H and O–H groups in total. The average Bonchev–Trinajstić information content (AvgIpc) is 2.91. The minimum Gasteiger partial charge on any atom is -0.0620 e. The van der Waals surface area contributed by atoms with Crippen molar-refractivity contribution in [3.63, 3.8) is 0 Å². The maximum Gasteiger partial charge on any atom is 0.00954 e. The van der Waals surface area contributed by atoms with Crippen LogP contribution in [0.4, 0.5) is 0 Å². The van der Waals surface area contributed by atoms with Gasteiger partial charge in [0.15, 0.2) is 0 Å². The molecule has 0 aliphatic heterocycles.